The molecule has 4 atom stereocenters. The second-order valence-electron chi connectivity index (χ2n) is 19.5. The van der Waals surface area contributed by atoms with Crippen molar-refractivity contribution in [1.82, 2.24) is 26.6 Å². The van der Waals surface area contributed by atoms with Gasteiger partial charge < -0.3 is 66.0 Å². The van der Waals surface area contributed by atoms with Crippen molar-refractivity contribution in [3.8, 4) is 0 Å². The minimum Gasteiger partial charge on any atom is -0.481 e. The summed E-state index contributed by atoms with van der Waals surface area (Å²) in [4.78, 5) is 131. The van der Waals surface area contributed by atoms with E-state index < -0.39 is 84.3 Å². The summed E-state index contributed by atoms with van der Waals surface area (Å²) in [5.74, 6) is -8.61. The van der Waals surface area contributed by atoms with Crippen LogP contribution >= 0.6 is 0 Å². The van der Waals surface area contributed by atoms with Crippen molar-refractivity contribution in [1.29, 1.82) is 0 Å². The fraction of sp³-hybridized carbons (Fsp3) is 0.796. The van der Waals surface area contributed by atoms with Gasteiger partial charge in [0.25, 0.3) is 0 Å². The number of unbranched alkanes of at least 4 members (excludes halogenated alkanes) is 14. The van der Waals surface area contributed by atoms with Gasteiger partial charge in [-0.25, -0.2) is 9.59 Å². The summed E-state index contributed by atoms with van der Waals surface area (Å²) in [6, 6.07) is -2.55. The first-order chi connectivity index (χ1) is 37.3. The lowest BCUT2D eigenvalue weighted by atomic mass is 9.97. The molecule has 5 amide bonds. The van der Waals surface area contributed by atoms with Gasteiger partial charge in [0.15, 0.2) is 5.78 Å². The summed E-state index contributed by atoms with van der Waals surface area (Å²) in [6.45, 7) is 3.98. The summed E-state index contributed by atoms with van der Waals surface area (Å²) in [5, 5.41) is 50.0. The fourth-order valence-electron chi connectivity index (χ4n) is 7.78. The second-order valence-corrected chi connectivity index (χ2v) is 19.5. The molecule has 0 fully saturated rings. The van der Waals surface area contributed by atoms with Crippen molar-refractivity contribution < 1.29 is 92.1 Å². The van der Waals surface area contributed by atoms with E-state index in [9.17, 15) is 68.1 Å². The molecule has 0 aromatic rings. The number of Topliss-reactive ketones (excluding diaryl/α,β-unsaturated/α-hetero) is 2. The van der Waals surface area contributed by atoms with Crippen molar-refractivity contribution in [2.75, 3.05) is 72.5 Å². The van der Waals surface area contributed by atoms with E-state index in [-0.39, 0.29) is 128 Å². The largest absolute Gasteiger partial charge is 0.481 e. The topological polar surface area (TPSA) is 366 Å². The van der Waals surface area contributed by atoms with E-state index in [1.165, 1.54) is 39.0 Å². The molecule has 78 heavy (non-hydrogen) atoms. The van der Waals surface area contributed by atoms with E-state index in [0.717, 1.165) is 57.8 Å². The quantitative estimate of drug-likeness (QED) is 0.0384. The minimum atomic E-state index is -1.38. The molecule has 0 saturated carbocycles. The third-order valence-electron chi connectivity index (χ3n) is 12.6. The second kappa shape index (κ2) is 48.5. The normalized spacial score (nSPS) is 12.6. The summed E-state index contributed by atoms with van der Waals surface area (Å²) in [6.07, 6.45) is 15.8. The lowest BCUT2D eigenvalue weighted by Gasteiger charge is -2.16. The Morgan fingerprint density at radius 3 is 1.26 bits per heavy atom. The Kier molecular flexibility index (Phi) is 45.1. The maximum absolute atomic E-state index is 12.5. The summed E-state index contributed by atoms with van der Waals surface area (Å²) >= 11 is 0. The van der Waals surface area contributed by atoms with E-state index in [0.29, 0.717) is 25.8 Å². The van der Waals surface area contributed by atoms with Gasteiger partial charge >= 0.3 is 23.9 Å². The van der Waals surface area contributed by atoms with E-state index in [1.54, 1.807) is 0 Å². The Morgan fingerprint density at radius 2 is 0.795 bits per heavy atom. The van der Waals surface area contributed by atoms with Crippen LogP contribution in [0.1, 0.15) is 181 Å². The molecule has 0 radical (unpaired) electrons. The van der Waals surface area contributed by atoms with Crippen LogP contribution < -0.4 is 26.6 Å². The molecule has 0 bridgehead atoms. The number of hydrogen-bond acceptors (Lipinski definition) is 15. The third-order valence-corrected chi connectivity index (χ3v) is 12.6. The van der Waals surface area contributed by atoms with Crippen LogP contribution in [0, 0.1) is 11.8 Å². The van der Waals surface area contributed by atoms with E-state index >= 15 is 0 Å². The van der Waals surface area contributed by atoms with Gasteiger partial charge in [-0.15, -0.1) is 0 Å². The van der Waals surface area contributed by atoms with Crippen molar-refractivity contribution in [2.24, 2.45) is 11.8 Å². The number of nitrogens with one attached hydrogen (secondary N) is 5. The highest BCUT2D eigenvalue weighted by molar-refractivity contribution is 5.87. The number of ketones is 2. The van der Waals surface area contributed by atoms with Crippen LogP contribution in [0.4, 0.5) is 0 Å². The molecule has 0 aliphatic rings. The van der Waals surface area contributed by atoms with Crippen molar-refractivity contribution >= 4 is 65.0 Å². The number of carboxylic acids is 4. The predicted molar refractivity (Wildman–Crippen MR) is 285 cm³/mol. The molecular weight excluding hydrogens is 1020 g/mol. The number of carbonyl (C=O) groups is 11. The van der Waals surface area contributed by atoms with Crippen molar-refractivity contribution in [3.05, 3.63) is 0 Å². The molecule has 24 nitrogen and oxygen atoms in total. The smallest absolute Gasteiger partial charge is 0.326 e. The molecule has 0 aliphatic heterocycles. The van der Waals surface area contributed by atoms with Crippen LogP contribution in [0.25, 0.3) is 0 Å². The number of ether oxygens (including phenoxy) is 4. The van der Waals surface area contributed by atoms with E-state index in [2.05, 4.69) is 26.6 Å². The summed E-state index contributed by atoms with van der Waals surface area (Å²) < 4.78 is 21.3. The Morgan fingerprint density at radius 1 is 0.385 bits per heavy atom. The van der Waals surface area contributed by atoms with E-state index in [4.69, 9.17) is 24.1 Å². The highest BCUT2D eigenvalue weighted by Gasteiger charge is 2.26. The molecule has 0 saturated heterocycles. The molecule has 1 unspecified atom stereocenters. The van der Waals surface area contributed by atoms with Crippen molar-refractivity contribution in [2.45, 2.75) is 193 Å². The summed E-state index contributed by atoms with van der Waals surface area (Å²) in [7, 11) is 0. The van der Waals surface area contributed by atoms with E-state index in [1.807, 2.05) is 6.92 Å². The monoisotopic (exact) mass is 1120 g/mol. The molecule has 0 spiro atoms. The van der Waals surface area contributed by atoms with Crippen LogP contribution in [-0.4, -0.2) is 170 Å². The van der Waals surface area contributed by atoms with Gasteiger partial charge in [-0.3, -0.25) is 43.2 Å². The maximum Gasteiger partial charge on any atom is 0.326 e. The Hall–Kier alpha value is -5.59. The van der Waals surface area contributed by atoms with Gasteiger partial charge in [0.2, 0.25) is 29.5 Å². The zero-order chi connectivity index (χ0) is 58.2. The zero-order valence-corrected chi connectivity index (χ0v) is 46.4. The number of amides is 5. The van der Waals surface area contributed by atoms with Gasteiger partial charge in [-0.1, -0.05) is 90.4 Å². The Labute approximate surface area is 459 Å². The number of aliphatic carboxylic acids is 4. The predicted octanol–water partition coefficient (Wildman–Crippen LogP) is 4.26. The molecule has 0 rings (SSSR count). The molecule has 0 aromatic heterocycles. The molecule has 0 heterocycles. The highest BCUT2D eigenvalue weighted by atomic mass is 16.5. The van der Waals surface area contributed by atoms with Gasteiger partial charge in [0.05, 0.1) is 45.6 Å². The van der Waals surface area contributed by atoms with Crippen LogP contribution in [0.3, 0.4) is 0 Å². The minimum absolute atomic E-state index is 0.000287. The lowest BCUT2D eigenvalue weighted by Crippen LogP contribution is -2.42. The zero-order valence-electron chi connectivity index (χ0n) is 46.4. The van der Waals surface area contributed by atoms with Gasteiger partial charge in [-0.05, 0) is 51.9 Å². The molecule has 0 aromatic carbocycles. The SMILES string of the molecule is CC(=O)[C@@H](C)CCCCNC(=O)CC[C@H](NC(=O)CC[C@H](CC(=O)COCCOCCNC(=O)COCCOCCNC(=O)CCC(NC(=O)CCCCCCCCCCCCCCCCC(=O)O)C(=O)O)C(=O)O)C(=O)O. The Balaban J connectivity index is 3.95. The molecule has 448 valence electrons. The molecular formula is C54H93N5O19. The van der Waals surface area contributed by atoms with Gasteiger partial charge in [0.1, 0.15) is 31.1 Å². The molecule has 0 aliphatic carbocycles. The number of hydrogen-bond donors (Lipinski definition) is 9. The number of rotatable bonds is 55. The number of carbonyl (C=O) groups excluding carboxylic acids is 7. The average Bonchev–Trinajstić information content (AvgIpc) is 3.38. The van der Waals surface area contributed by atoms with Crippen molar-refractivity contribution in [3.63, 3.8) is 0 Å². The first-order valence-corrected chi connectivity index (χ1v) is 27.9. The fourth-order valence-corrected chi connectivity index (χ4v) is 7.78. The lowest BCUT2D eigenvalue weighted by molar-refractivity contribution is -0.145. The first-order valence-electron chi connectivity index (χ1n) is 27.9. The maximum atomic E-state index is 12.5. The first kappa shape index (κ1) is 72.4. The van der Waals surface area contributed by atoms with Crippen LogP contribution in [-0.2, 0) is 71.7 Å². The van der Waals surface area contributed by atoms with Gasteiger partial charge in [0, 0.05) is 64.1 Å². The van der Waals surface area contributed by atoms with Crippen LogP contribution in [0.2, 0.25) is 0 Å². The molecule has 9 N–H and O–H groups in total. The van der Waals surface area contributed by atoms with Crippen LogP contribution in [0.15, 0.2) is 0 Å². The molecule has 24 heteroatoms. The summed E-state index contributed by atoms with van der Waals surface area (Å²) in [5.41, 5.74) is 0. The standard InChI is InChI=1S/C54H93N5O19/c1-40(41(2)60)19-17-18-28-55-46(62)26-23-45(54(73)74)59-49(65)25-22-42(52(69)70)37-43(61)38-77-35-33-76-32-30-57-50(66)39-78-36-34-75-31-29-56-47(63)27-24-44(53(71)72)58-48(64)20-15-13-11-9-7-5-3-4-6-8-10-12-14-16-21-51(67)68/h40,42,44-45H,3-39H2,1-2H3,(H,55,62)(H,56,63)(H,57,66)(H,58,64)(H,59,65)(H,67,68)(H,69,70)(H,71,72)(H,73,74)/t40-,42+,44?,45-/m0/s1. The van der Waals surface area contributed by atoms with Crippen LogP contribution in [0.5, 0.6) is 0 Å². The average molecular weight is 1120 g/mol. The third kappa shape index (κ3) is 45.4. The Bertz CT molecular complexity index is 1770. The highest BCUT2D eigenvalue weighted by Crippen LogP contribution is 2.16. The number of carboxylic acid groups (broad SMARTS) is 4. The van der Waals surface area contributed by atoms with Gasteiger partial charge in [-0.2, -0.15) is 0 Å².